The first kappa shape index (κ1) is 18.5. The molecule has 1 amide bonds. The lowest BCUT2D eigenvalue weighted by Gasteiger charge is -2.08. The van der Waals surface area contributed by atoms with Crippen molar-refractivity contribution in [2.24, 2.45) is 0 Å². The van der Waals surface area contributed by atoms with E-state index in [0.29, 0.717) is 12.3 Å². The summed E-state index contributed by atoms with van der Waals surface area (Å²) in [5, 5.41) is 2.66. The molecule has 0 saturated heterocycles. The number of anilines is 1. The summed E-state index contributed by atoms with van der Waals surface area (Å²) in [7, 11) is -3.28. The van der Waals surface area contributed by atoms with Crippen LogP contribution in [0.3, 0.4) is 0 Å². The molecule has 3 rings (SSSR count). The Kier molecular flexibility index (Phi) is 5.46. The summed E-state index contributed by atoms with van der Waals surface area (Å²) < 4.78 is 28.5. The fourth-order valence-corrected chi connectivity index (χ4v) is 2.89. The van der Waals surface area contributed by atoms with Gasteiger partial charge in [0.05, 0.1) is 4.90 Å². The van der Waals surface area contributed by atoms with Gasteiger partial charge in [-0.15, -0.1) is 0 Å². The fraction of sp³-hybridized carbons (Fsp3) is 0.105. The minimum atomic E-state index is -3.28. The number of carbonyl (C=O) groups is 1. The van der Waals surface area contributed by atoms with Crippen LogP contribution in [0.2, 0.25) is 0 Å². The van der Waals surface area contributed by atoms with E-state index < -0.39 is 15.7 Å². The van der Waals surface area contributed by atoms with E-state index in [4.69, 9.17) is 4.74 Å². The minimum absolute atomic E-state index is 0.139. The average molecular weight is 383 g/mol. The van der Waals surface area contributed by atoms with Gasteiger partial charge in [-0.1, -0.05) is 30.3 Å². The molecule has 0 spiro atoms. The SMILES string of the molecule is CS(=O)(=O)c1ccc(NC(=O)c2cc(OCc3ccccc3)ncn2)cc1. The Bertz CT molecular complexity index is 1040. The molecule has 1 heterocycles. The quantitative estimate of drug-likeness (QED) is 0.703. The summed E-state index contributed by atoms with van der Waals surface area (Å²) in [5.41, 5.74) is 1.58. The van der Waals surface area contributed by atoms with Crippen LogP contribution in [-0.4, -0.2) is 30.5 Å². The summed E-state index contributed by atoms with van der Waals surface area (Å²) in [5.74, 6) is -0.166. The molecule has 0 aliphatic carbocycles. The van der Waals surface area contributed by atoms with Crippen LogP contribution in [-0.2, 0) is 16.4 Å². The number of carbonyl (C=O) groups excluding carboxylic acids is 1. The molecule has 0 aliphatic heterocycles. The molecular weight excluding hydrogens is 366 g/mol. The number of ether oxygens (including phenoxy) is 1. The average Bonchev–Trinajstić information content (AvgIpc) is 2.67. The molecule has 3 aromatic rings. The third kappa shape index (κ3) is 5.11. The molecule has 1 aromatic heterocycles. The van der Waals surface area contributed by atoms with E-state index in [0.717, 1.165) is 11.8 Å². The van der Waals surface area contributed by atoms with Gasteiger partial charge in [0.25, 0.3) is 5.91 Å². The van der Waals surface area contributed by atoms with Gasteiger partial charge >= 0.3 is 0 Å². The molecule has 27 heavy (non-hydrogen) atoms. The smallest absolute Gasteiger partial charge is 0.274 e. The summed E-state index contributed by atoms with van der Waals surface area (Å²) in [6.45, 7) is 0.325. The zero-order valence-corrected chi connectivity index (χ0v) is 15.3. The van der Waals surface area contributed by atoms with Crippen molar-refractivity contribution >= 4 is 21.4 Å². The zero-order valence-electron chi connectivity index (χ0n) is 14.5. The monoisotopic (exact) mass is 383 g/mol. The minimum Gasteiger partial charge on any atom is -0.473 e. The number of amides is 1. The number of nitrogens with one attached hydrogen (secondary N) is 1. The van der Waals surface area contributed by atoms with E-state index in [1.165, 1.54) is 36.7 Å². The molecule has 0 saturated carbocycles. The van der Waals surface area contributed by atoms with Gasteiger partial charge in [-0.05, 0) is 29.8 Å². The molecule has 1 N–H and O–H groups in total. The van der Waals surface area contributed by atoms with Crippen molar-refractivity contribution in [2.45, 2.75) is 11.5 Å². The molecule has 0 aliphatic rings. The molecular formula is C19H17N3O4S. The van der Waals surface area contributed by atoms with Crippen molar-refractivity contribution < 1.29 is 17.9 Å². The number of rotatable bonds is 6. The van der Waals surface area contributed by atoms with E-state index in [-0.39, 0.29) is 16.5 Å². The predicted molar refractivity (Wildman–Crippen MR) is 100 cm³/mol. The van der Waals surface area contributed by atoms with Crippen LogP contribution in [0, 0.1) is 0 Å². The number of hydrogen-bond donors (Lipinski definition) is 1. The highest BCUT2D eigenvalue weighted by molar-refractivity contribution is 7.90. The van der Waals surface area contributed by atoms with Gasteiger partial charge in [-0.2, -0.15) is 0 Å². The van der Waals surface area contributed by atoms with Gasteiger partial charge in [-0.25, -0.2) is 18.4 Å². The lowest BCUT2D eigenvalue weighted by atomic mass is 10.2. The maximum absolute atomic E-state index is 12.3. The predicted octanol–water partition coefficient (Wildman–Crippen LogP) is 2.71. The van der Waals surface area contributed by atoms with E-state index in [2.05, 4.69) is 15.3 Å². The van der Waals surface area contributed by atoms with Crippen LogP contribution < -0.4 is 10.1 Å². The lowest BCUT2D eigenvalue weighted by Crippen LogP contribution is -2.14. The van der Waals surface area contributed by atoms with Crippen LogP contribution in [0.1, 0.15) is 16.1 Å². The molecule has 0 bridgehead atoms. The molecule has 0 fully saturated rings. The van der Waals surface area contributed by atoms with Gasteiger partial charge in [0.1, 0.15) is 18.6 Å². The Hall–Kier alpha value is -3.26. The van der Waals surface area contributed by atoms with Crippen LogP contribution in [0.4, 0.5) is 5.69 Å². The molecule has 0 unspecified atom stereocenters. The second-order valence-electron chi connectivity index (χ2n) is 5.77. The van der Waals surface area contributed by atoms with Crippen molar-refractivity contribution in [2.75, 3.05) is 11.6 Å². The summed E-state index contributed by atoms with van der Waals surface area (Å²) in [4.78, 5) is 20.5. The second kappa shape index (κ2) is 7.96. The third-order valence-electron chi connectivity index (χ3n) is 3.64. The summed E-state index contributed by atoms with van der Waals surface area (Å²) in [6, 6.07) is 16.9. The maximum atomic E-state index is 12.3. The van der Waals surface area contributed by atoms with Gasteiger partial charge in [0.2, 0.25) is 5.88 Å². The number of aromatic nitrogens is 2. The van der Waals surface area contributed by atoms with Crippen LogP contribution >= 0.6 is 0 Å². The largest absolute Gasteiger partial charge is 0.473 e. The van der Waals surface area contributed by atoms with Gasteiger partial charge in [-0.3, -0.25) is 4.79 Å². The van der Waals surface area contributed by atoms with Gasteiger partial charge in [0, 0.05) is 18.0 Å². The Balaban J connectivity index is 1.66. The van der Waals surface area contributed by atoms with E-state index in [1.807, 2.05) is 30.3 Å². The fourth-order valence-electron chi connectivity index (χ4n) is 2.25. The Morgan fingerprint density at radius 3 is 2.41 bits per heavy atom. The van der Waals surface area contributed by atoms with Crippen LogP contribution in [0.5, 0.6) is 5.88 Å². The maximum Gasteiger partial charge on any atom is 0.274 e. The van der Waals surface area contributed by atoms with Crippen molar-refractivity contribution in [3.05, 3.63) is 78.2 Å². The van der Waals surface area contributed by atoms with Crippen LogP contribution in [0.25, 0.3) is 0 Å². The molecule has 0 radical (unpaired) electrons. The van der Waals surface area contributed by atoms with Crippen molar-refractivity contribution in [3.8, 4) is 5.88 Å². The Labute approximate surface area is 157 Å². The highest BCUT2D eigenvalue weighted by atomic mass is 32.2. The van der Waals surface area contributed by atoms with Gasteiger partial charge < -0.3 is 10.1 Å². The third-order valence-corrected chi connectivity index (χ3v) is 4.77. The van der Waals surface area contributed by atoms with E-state index in [1.54, 1.807) is 0 Å². The van der Waals surface area contributed by atoms with Crippen molar-refractivity contribution in [1.82, 2.24) is 9.97 Å². The number of hydrogen-bond acceptors (Lipinski definition) is 6. The van der Waals surface area contributed by atoms with Crippen molar-refractivity contribution in [1.29, 1.82) is 0 Å². The molecule has 2 aromatic carbocycles. The number of benzene rings is 2. The summed E-state index contributed by atoms with van der Waals surface area (Å²) in [6.07, 6.45) is 2.38. The van der Waals surface area contributed by atoms with E-state index in [9.17, 15) is 13.2 Å². The standard InChI is InChI=1S/C19H17N3O4S/c1-27(24,25)16-9-7-15(8-10-16)22-19(23)17-11-18(21-13-20-17)26-12-14-5-3-2-4-6-14/h2-11,13H,12H2,1H3,(H,22,23). The van der Waals surface area contributed by atoms with Crippen LogP contribution in [0.15, 0.2) is 71.9 Å². The highest BCUT2D eigenvalue weighted by Crippen LogP contribution is 2.16. The van der Waals surface area contributed by atoms with E-state index >= 15 is 0 Å². The summed E-state index contributed by atoms with van der Waals surface area (Å²) >= 11 is 0. The van der Waals surface area contributed by atoms with Crippen molar-refractivity contribution in [3.63, 3.8) is 0 Å². The first-order valence-electron chi connectivity index (χ1n) is 8.02. The Morgan fingerprint density at radius 1 is 1.04 bits per heavy atom. The second-order valence-corrected chi connectivity index (χ2v) is 7.78. The zero-order chi connectivity index (χ0) is 19.3. The molecule has 8 heteroatoms. The first-order chi connectivity index (χ1) is 12.9. The highest BCUT2D eigenvalue weighted by Gasteiger charge is 2.11. The molecule has 0 atom stereocenters. The first-order valence-corrected chi connectivity index (χ1v) is 9.91. The Morgan fingerprint density at radius 2 is 1.74 bits per heavy atom. The topological polar surface area (TPSA) is 98.2 Å². The normalized spacial score (nSPS) is 11.0. The number of sulfone groups is 1. The number of nitrogens with zero attached hydrogens (tertiary/aromatic N) is 2. The molecule has 138 valence electrons. The lowest BCUT2D eigenvalue weighted by molar-refractivity contribution is 0.102. The van der Waals surface area contributed by atoms with Gasteiger partial charge in [0.15, 0.2) is 9.84 Å². The molecule has 7 nitrogen and oxygen atoms in total.